The van der Waals surface area contributed by atoms with Crippen molar-refractivity contribution in [3.8, 4) is 11.5 Å². The maximum atomic E-state index is 15.0. The number of unbranched alkanes of at least 4 members (excludes halogenated alkanes) is 3. The second-order valence-electron chi connectivity index (χ2n) is 10.4. The molecule has 0 radical (unpaired) electrons. The summed E-state index contributed by atoms with van der Waals surface area (Å²) < 4.78 is 83.3. The summed E-state index contributed by atoms with van der Waals surface area (Å²) in [5.74, 6) is -4.21. The maximum Gasteiger partial charge on any atom is 0.201 e. The fourth-order valence-electron chi connectivity index (χ4n) is 5.29. The zero-order valence-electron chi connectivity index (χ0n) is 22.5. The number of hydrogen-bond donors (Lipinski definition) is 0. The number of aryl methyl sites for hydroxylation is 1. The molecule has 7 heteroatoms. The largest absolute Gasteiger partial charge is 0.490 e. The van der Waals surface area contributed by atoms with Crippen LogP contribution in [0.25, 0.3) is 0 Å². The summed E-state index contributed by atoms with van der Waals surface area (Å²) in [7, 11) is 0. The minimum atomic E-state index is -1.06. The molecule has 0 spiro atoms. The van der Waals surface area contributed by atoms with Gasteiger partial charge in [-0.1, -0.05) is 44.4 Å². The van der Waals surface area contributed by atoms with E-state index >= 15 is 0 Å². The first-order valence-corrected chi connectivity index (χ1v) is 13.8. The lowest BCUT2D eigenvalue weighted by Gasteiger charge is -2.29. The Morgan fingerprint density at radius 2 is 1.38 bits per heavy atom. The number of hydrogen-bond acceptors (Lipinski definition) is 2. The van der Waals surface area contributed by atoms with E-state index in [2.05, 4.69) is 6.92 Å². The summed E-state index contributed by atoms with van der Waals surface area (Å²) in [6.07, 6.45) is 6.44. The summed E-state index contributed by atoms with van der Waals surface area (Å²) >= 11 is 0. The lowest BCUT2D eigenvalue weighted by Crippen LogP contribution is -2.15. The number of rotatable bonds is 11. The predicted molar refractivity (Wildman–Crippen MR) is 142 cm³/mol. The van der Waals surface area contributed by atoms with Gasteiger partial charge in [0.05, 0.1) is 6.61 Å². The van der Waals surface area contributed by atoms with Crippen LogP contribution in [0.15, 0.2) is 42.5 Å². The van der Waals surface area contributed by atoms with Crippen molar-refractivity contribution in [3.05, 3.63) is 93.8 Å². The molecule has 0 heterocycles. The minimum Gasteiger partial charge on any atom is -0.490 e. The van der Waals surface area contributed by atoms with Crippen LogP contribution in [-0.2, 0) is 6.61 Å². The highest BCUT2D eigenvalue weighted by molar-refractivity contribution is 5.34. The Morgan fingerprint density at radius 1 is 0.692 bits per heavy atom. The van der Waals surface area contributed by atoms with Crippen LogP contribution in [0.5, 0.6) is 11.5 Å². The molecular weight excluding hydrogens is 511 g/mol. The highest BCUT2D eigenvalue weighted by Gasteiger charge is 2.28. The van der Waals surface area contributed by atoms with Crippen molar-refractivity contribution in [1.29, 1.82) is 0 Å². The smallest absolute Gasteiger partial charge is 0.201 e. The van der Waals surface area contributed by atoms with Gasteiger partial charge in [-0.2, -0.15) is 4.39 Å². The lowest BCUT2D eigenvalue weighted by molar-refractivity contribution is 0.276. The number of ether oxygens (including phenoxy) is 2. The summed E-state index contributed by atoms with van der Waals surface area (Å²) in [6.45, 7) is 3.68. The van der Waals surface area contributed by atoms with Crippen molar-refractivity contribution in [1.82, 2.24) is 0 Å². The van der Waals surface area contributed by atoms with Gasteiger partial charge in [0, 0.05) is 11.6 Å². The Bertz CT molecular complexity index is 1270. The Morgan fingerprint density at radius 3 is 2.08 bits per heavy atom. The van der Waals surface area contributed by atoms with E-state index in [1.54, 1.807) is 24.3 Å². The van der Waals surface area contributed by atoms with E-state index in [9.17, 15) is 22.0 Å². The van der Waals surface area contributed by atoms with Crippen LogP contribution in [0.1, 0.15) is 92.4 Å². The molecule has 1 aliphatic carbocycles. The third kappa shape index (κ3) is 6.92. The van der Waals surface area contributed by atoms with Crippen molar-refractivity contribution in [2.75, 3.05) is 6.61 Å². The van der Waals surface area contributed by atoms with Crippen LogP contribution in [0.4, 0.5) is 22.0 Å². The molecule has 39 heavy (non-hydrogen) atoms. The first-order valence-electron chi connectivity index (χ1n) is 13.8. The van der Waals surface area contributed by atoms with E-state index in [0.29, 0.717) is 43.4 Å². The number of benzene rings is 3. The van der Waals surface area contributed by atoms with E-state index in [1.165, 1.54) is 25.1 Å². The van der Waals surface area contributed by atoms with Crippen molar-refractivity contribution >= 4 is 0 Å². The topological polar surface area (TPSA) is 18.5 Å². The molecule has 0 saturated heterocycles. The van der Waals surface area contributed by atoms with Gasteiger partial charge in [-0.15, -0.1) is 0 Å². The molecule has 0 unspecified atom stereocenters. The van der Waals surface area contributed by atoms with Crippen LogP contribution in [0, 0.1) is 36.0 Å². The predicted octanol–water partition coefficient (Wildman–Crippen LogP) is 9.67. The summed E-state index contributed by atoms with van der Waals surface area (Å²) in [6, 6.07) is 10.5. The van der Waals surface area contributed by atoms with Gasteiger partial charge < -0.3 is 9.47 Å². The first kappa shape index (κ1) is 28.9. The van der Waals surface area contributed by atoms with Gasteiger partial charge in [-0.05, 0) is 85.8 Å². The molecule has 2 nitrogen and oxygen atoms in total. The lowest BCUT2D eigenvalue weighted by atomic mass is 9.76. The molecular formula is C32H35F5O2. The van der Waals surface area contributed by atoms with E-state index < -0.39 is 29.1 Å². The molecule has 0 amide bonds. The summed E-state index contributed by atoms with van der Waals surface area (Å²) in [5, 5.41) is 0. The Kier molecular flexibility index (Phi) is 9.87. The van der Waals surface area contributed by atoms with Crippen molar-refractivity contribution in [2.45, 2.75) is 83.7 Å². The molecule has 0 atom stereocenters. The van der Waals surface area contributed by atoms with Gasteiger partial charge in [0.25, 0.3) is 0 Å². The molecule has 1 aliphatic rings. The highest BCUT2D eigenvalue weighted by Crippen LogP contribution is 2.42. The third-order valence-electron chi connectivity index (χ3n) is 7.66. The second-order valence-corrected chi connectivity index (χ2v) is 10.4. The van der Waals surface area contributed by atoms with Crippen LogP contribution in [0.3, 0.4) is 0 Å². The molecule has 4 rings (SSSR count). The molecule has 1 fully saturated rings. The van der Waals surface area contributed by atoms with Crippen LogP contribution >= 0.6 is 0 Å². The summed E-state index contributed by atoms with van der Waals surface area (Å²) in [5.41, 5.74) is 1.21. The van der Waals surface area contributed by atoms with Gasteiger partial charge in [0.2, 0.25) is 5.82 Å². The van der Waals surface area contributed by atoms with Crippen molar-refractivity contribution < 1.29 is 31.4 Å². The molecule has 3 aromatic rings. The minimum absolute atomic E-state index is 0.00779. The van der Waals surface area contributed by atoms with E-state index in [4.69, 9.17) is 9.47 Å². The number of halogens is 5. The van der Waals surface area contributed by atoms with Crippen LogP contribution in [0.2, 0.25) is 0 Å². The van der Waals surface area contributed by atoms with Crippen LogP contribution in [-0.4, -0.2) is 6.61 Å². The van der Waals surface area contributed by atoms with E-state index in [-0.39, 0.29) is 41.1 Å². The Hall–Kier alpha value is -3.09. The molecule has 1 saturated carbocycles. The van der Waals surface area contributed by atoms with Crippen LogP contribution < -0.4 is 9.47 Å². The van der Waals surface area contributed by atoms with Gasteiger partial charge in [-0.25, -0.2) is 17.6 Å². The molecule has 0 bridgehead atoms. The zero-order valence-corrected chi connectivity index (χ0v) is 22.5. The van der Waals surface area contributed by atoms with E-state index in [1.807, 2.05) is 0 Å². The monoisotopic (exact) mass is 546 g/mol. The van der Waals surface area contributed by atoms with Gasteiger partial charge in [0.1, 0.15) is 18.2 Å². The molecule has 0 N–H and O–H groups in total. The Labute approximate surface area is 227 Å². The third-order valence-corrected chi connectivity index (χ3v) is 7.66. The SMILES string of the molecule is CCCCCCOc1ccc(COc2ccc(C3CCC(c4ccc(C)c(F)c4F)CC3)c(F)c2)c(F)c1F. The van der Waals surface area contributed by atoms with Gasteiger partial charge in [-0.3, -0.25) is 0 Å². The van der Waals surface area contributed by atoms with Crippen molar-refractivity contribution in [3.63, 3.8) is 0 Å². The quantitative estimate of drug-likeness (QED) is 0.176. The normalized spacial score (nSPS) is 17.3. The van der Waals surface area contributed by atoms with Crippen molar-refractivity contribution in [2.24, 2.45) is 0 Å². The average molecular weight is 547 g/mol. The second kappa shape index (κ2) is 13.3. The fraction of sp³-hybridized carbons (Fsp3) is 0.438. The fourth-order valence-corrected chi connectivity index (χ4v) is 5.29. The average Bonchev–Trinajstić information content (AvgIpc) is 2.94. The van der Waals surface area contributed by atoms with Gasteiger partial charge >= 0.3 is 0 Å². The highest BCUT2D eigenvalue weighted by atomic mass is 19.2. The molecule has 3 aromatic carbocycles. The summed E-state index contributed by atoms with van der Waals surface area (Å²) in [4.78, 5) is 0. The molecule has 0 aromatic heterocycles. The van der Waals surface area contributed by atoms with E-state index in [0.717, 1.165) is 25.7 Å². The molecule has 0 aliphatic heterocycles. The standard InChI is InChI=1S/C32H35F5O2/c1-3-4-5-6-17-38-28-16-12-23(30(35)32(28)37)19-39-24-13-15-25(27(33)18-24)21-8-10-22(11-9-21)26-14-7-20(2)29(34)31(26)36/h7,12-16,18,21-22H,3-6,8-11,17,19H2,1-2H3. The maximum absolute atomic E-state index is 15.0. The Balaban J connectivity index is 1.32. The zero-order chi connectivity index (χ0) is 27.9. The first-order chi connectivity index (χ1) is 18.8. The van der Waals surface area contributed by atoms with Gasteiger partial charge in [0.15, 0.2) is 23.2 Å². The molecule has 210 valence electrons.